The molecule has 0 unspecified atom stereocenters. The summed E-state index contributed by atoms with van der Waals surface area (Å²) >= 11 is 1.34. The first-order chi connectivity index (χ1) is 18.1. The van der Waals surface area contributed by atoms with Gasteiger partial charge < -0.3 is 20.2 Å². The van der Waals surface area contributed by atoms with Gasteiger partial charge in [0.2, 0.25) is 5.95 Å². The van der Waals surface area contributed by atoms with Gasteiger partial charge in [0.1, 0.15) is 5.75 Å². The standard InChI is InChI=1S/C27H25N7O2S/c1-32-14-16-33(17-15-32)19-8-6-18(7-9-19)30-26-28-12-10-21(31-26)25-24(20-4-2-3-5-22(20)35)34-23(36)11-13-29-27(34)37-25/h2-13,35H,14-17H2,1H3,(H,28,30,31). The maximum Gasteiger partial charge on any atom is 0.258 e. The minimum absolute atomic E-state index is 0.0760. The number of rotatable bonds is 5. The van der Waals surface area contributed by atoms with Crippen molar-refractivity contribution < 1.29 is 5.11 Å². The van der Waals surface area contributed by atoms with Crippen LogP contribution in [0.4, 0.5) is 17.3 Å². The molecule has 0 amide bonds. The smallest absolute Gasteiger partial charge is 0.258 e. The number of hydrogen-bond acceptors (Lipinski definition) is 9. The number of phenolic OH excluding ortho intramolecular Hbond substituents is 1. The Morgan fingerprint density at radius 3 is 2.46 bits per heavy atom. The maximum absolute atomic E-state index is 12.8. The summed E-state index contributed by atoms with van der Waals surface area (Å²) in [4.78, 5) is 32.3. The van der Waals surface area contributed by atoms with Gasteiger partial charge in [-0.1, -0.05) is 23.5 Å². The fourth-order valence-corrected chi connectivity index (χ4v) is 5.58. The first kappa shape index (κ1) is 23.1. The molecule has 37 heavy (non-hydrogen) atoms. The molecule has 0 bridgehead atoms. The highest BCUT2D eigenvalue weighted by molar-refractivity contribution is 7.20. The van der Waals surface area contributed by atoms with Crippen molar-refractivity contribution in [2.75, 3.05) is 43.4 Å². The molecule has 0 saturated carbocycles. The third-order valence-corrected chi connectivity index (χ3v) is 7.56. The molecule has 10 heteroatoms. The van der Waals surface area contributed by atoms with Crippen molar-refractivity contribution in [1.82, 2.24) is 24.3 Å². The second kappa shape index (κ2) is 9.64. The zero-order chi connectivity index (χ0) is 25.4. The number of benzene rings is 2. The Kier molecular flexibility index (Phi) is 6.03. The summed E-state index contributed by atoms with van der Waals surface area (Å²) in [6, 6.07) is 18.4. The van der Waals surface area contributed by atoms with E-state index in [2.05, 4.69) is 44.3 Å². The molecule has 3 aromatic heterocycles. The van der Waals surface area contributed by atoms with Crippen molar-refractivity contribution in [1.29, 1.82) is 0 Å². The van der Waals surface area contributed by atoms with Crippen LogP contribution in [0.1, 0.15) is 0 Å². The molecular formula is C27H25N7O2S. The van der Waals surface area contributed by atoms with Crippen LogP contribution in [0.5, 0.6) is 5.75 Å². The topological polar surface area (TPSA) is 98.9 Å². The van der Waals surface area contributed by atoms with Crippen LogP contribution in [-0.2, 0) is 0 Å². The molecule has 5 aromatic rings. The van der Waals surface area contributed by atoms with Gasteiger partial charge >= 0.3 is 0 Å². The molecule has 2 aromatic carbocycles. The summed E-state index contributed by atoms with van der Waals surface area (Å²) in [6.45, 7) is 4.15. The summed E-state index contributed by atoms with van der Waals surface area (Å²) in [7, 11) is 2.15. The average molecular weight is 512 g/mol. The van der Waals surface area contributed by atoms with Crippen LogP contribution in [0, 0.1) is 0 Å². The number of piperazine rings is 1. The highest BCUT2D eigenvalue weighted by Gasteiger charge is 2.21. The normalized spacial score (nSPS) is 14.2. The molecule has 2 N–H and O–H groups in total. The highest BCUT2D eigenvalue weighted by Crippen LogP contribution is 2.40. The van der Waals surface area contributed by atoms with Crippen LogP contribution >= 0.6 is 11.3 Å². The first-order valence-electron chi connectivity index (χ1n) is 12.0. The van der Waals surface area contributed by atoms with Crippen molar-refractivity contribution in [2.24, 2.45) is 0 Å². The lowest BCUT2D eigenvalue weighted by atomic mass is 10.1. The van der Waals surface area contributed by atoms with Crippen LogP contribution < -0.4 is 15.8 Å². The fourth-order valence-electron chi connectivity index (χ4n) is 4.50. The van der Waals surface area contributed by atoms with Crippen molar-refractivity contribution in [3.63, 3.8) is 0 Å². The van der Waals surface area contributed by atoms with Crippen molar-refractivity contribution in [3.05, 3.63) is 83.4 Å². The van der Waals surface area contributed by atoms with Crippen molar-refractivity contribution >= 4 is 33.6 Å². The van der Waals surface area contributed by atoms with E-state index >= 15 is 0 Å². The van der Waals surface area contributed by atoms with Crippen LogP contribution in [-0.4, -0.2) is 62.6 Å². The molecule has 1 fully saturated rings. The molecule has 6 rings (SSSR count). The Morgan fingerprint density at radius 2 is 1.68 bits per heavy atom. The molecule has 1 saturated heterocycles. The number of phenols is 1. The second-order valence-electron chi connectivity index (χ2n) is 8.93. The van der Waals surface area contributed by atoms with Crippen molar-refractivity contribution in [3.8, 4) is 27.6 Å². The molecule has 9 nitrogen and oxygen atoms in total. The second-order valence-corrected chi connectivity index (χ2v) is 9.90. The lowest BCUT2D eigenvalue weighted by Gasteiger charge is -2.34. The van der Waals surface area contributed by atoms with Gasteiger partial charge in [-0.2, -0.15) is 0 Å². The summed E-state index contributed by atoms with van der Waals surface area (Å²) in [6.07, 6.45) is 3.17. The number of hydrogen-bond donors (Lipinski definition) is 2. The van der Waals surface area contributed by atoms with Gasteiger partial charge in [-0.15, -0.1) is 0 Å². The molecule has 0 radical (unpaired) electrons. The predicted octanol–water partition coefficient (Wildman–Crippen LogP) is 4.08. The van der Waals surface area contributed by atoms with E-state index < -0.39 is 0 Å². The SMILES string of the molecule is CN1CCN(c2ccc(Nc3nccc(-c4sc5nccc(=O)n5c4-c4ccccc4O)n3)cc2)CC1. The number of aromatic hydroxyl groups is 1. The van der Waals surface area contributed by atoms with E-state index in [0.29, 0.717) is 32.7 Å². The minimum atomic E-state index is -0.224. The average Bonchev–Trinajstić information content (AvgIpc) is 3.31. The Bertz CT molecular complexity index is 1620. The quantitative estimate of drug-likeness (QED) is 0.364. The van der Waals surface area contributed by atoms with Gasteiger partial charge in [0, 0.05) is 61.6 Å². The van der Waals surface area contributed by atoms with E-state index in [4.69, 9.17) is 4.98 Å². The van der Waals surface area contributed by atoms with Gasteiger partial charge in [0.15, 0.2) is 4.96 Å². The third kappa shape index (κ3) is 4.52. The summed E-state index contributed by atoms with van der Waals surface area (Å²) in [5.41, 5.74) is 3.57. The number of para-hydroxylation sites is 1. The molecule has 0 spiro atoms. The lowest BCUT2D eigenvalue weighted by molar-refractivity contribution is 0.313. The van der Waals surface area contributed by atoms with Gasteiger partial charge in [0.25, 0.3) is 5.56 Å². The van der Waals surface area contributed by atoms with Crippen LogP contribution in [0.15, 0.2) is 77.9 Å². The number of aromatic nitrogens is 4. The molecule has 1 aliphatic heterocycles. The van der Waals surface area contributed by atoms with Gasteiger partial charge in [-0.25, -0.2) is 15.0 Å². The largest absolute Gasteiger partial charge is 0.507 e. The monoisotopic (exact) mass is 511 g/mol. The van der Waals surface area contributed by atoms with E-state index in [1.54, 1.807) is 30.5 Å². The summed E-state index contributed by atoms with van der Waals surface area (Å²) < 4.78 is 1.52. The van der Waals surface area contributed by atoms with Crippen LogP contribution in [0.25, 0.3) is 26.8 Å². The fraction of sp³-hybridized carbons (Fsp3) is 0.185. The highest BCUT2D eigenvalue weighted by atomic mass is 32.1. The number of anilines is 3. The number of fused-ring (bicyclic) bond motifs is 1. The van der Waals surface area contributed by atoms with E-state index in [1.807, 2.05) is 18.2 Å². The lowest BCUT2D eigenvalue weighted by Crippen LogP contribution is -2.44. The first-order valence-corrected chi connectivity index (χ1v) is 12.8. The molecule has 0 atom stereocenters. The van der Waals surface area contributed by atoms with Crippen LogP contribution in [0.2, 0.25) is 0 Å². The molecule has 1 aliphatic rings. The van der Waals surface area contributed by atoms with Gasteiger partial charge in [-0.05, 0) is 49.5 Å². The summed E-state index contributed by atoms with van der Waals surface area (Å²) in [5.74, 6) is 0.512. The van der Waals surface area contributed by atoms with E-state index in [-0.39, 0.29) is 11.3 Å². The number of nitrogens with zero attached hydrogens (tertiary/aromatic N) is 6. The molecular weight excluding hydrogens is 486 g/mol. The molecule has 0 aliphatic carbocycles. The van der Waals surface area contributed by atoms with Crippen molar-refractivity contribution in [2.45, 2.75) is 0 Å². The maximum atomic E-state index is 12.8. The van der Waals surface area contributed by atoms with E-state index in [0.717, 1.165) is 31.9 Å². The summed E-state index contributed by atoms with van der Waals surface area (Å²) in [5, 5.41) is 13.9. The molecule has 186 valence electrons. The number of thiazole rings is 1. The van der Waals surface area contributed by atoms with E-state index in [9.17, 15) is 9.90 Å². The Balaban J connectivity index is 1.34. The number of likely N-dealkylation sites (N-methyl/N-ethyl adjacent to an activating group) is 1. The third-order valence-electron chi connectivity index (χ3n) is 6.49. The minimum Gasteiger partial charge on any atom is -0.507 e. The van der Waals surface area contributed by atoms with Gasteiger partial charge in [-0.3, -0.25) is 9.20 Å². The zero-order valence-corrected chi connectivity index (χ0v) is 21.0. The number of nitrogens with one attached hydrogen (secondary N) is 1. The molecule has 4 heterocycles. The Labute approximate surface area is 217 Å². The van der Waals surface area contributed by atoms with Gasteiger partial charge in [0.05, 0.1) is 16.3 Å². The zero-order valence-electron chi connectivity index (χ0n) is 20.2. The Morgan fingerprint density at radius 1 is 0.919 bits per heavy atom. The van der Waals surface area contributed by atoms with E-state index in [1.165, 1.54) is 33.7 Å². The van der Waals surface area contributed by atoms with Crippen LogP contribution in [0.3, 0.4) is 0 Å². The Hall–Kier alpha value is -4.28. The predicted molar refractivity (Wildman–Crippen MR) is 147 cm³/mol.